The predicted octanol–water partition coefficient (Wildman–Crippen LogP) is 2.96. The Labute approximate surface area is 186 Å². The first-order valence-corrected chi connectivity index (χ1v) is 11.6. The van der Waals surface area contributed by atoms with Crippen LogP contribution in [0.15, 0.2) is 47.3 Å². The third-order valence-corrected chi connectivity index (χ3v) is 6.88. The van der Waals surface area contributed by atoms with Crippen LogP contribution in [-0.4, -0.2) is 59.3 Å². The van der Waals surface area contributed by atoms with Crippen molar-refractivity contribution in [3.05, 3.63) is 69.6 Å². The molecule has 5 heteroatoms. The number of rotatable bonds is 8. The zero-order valence-electron chi connectivity index (χ0n) is 19.3. The molecule has 0 saturated carbocycles. The summed E-state index contributed by atoms with van der Waals surface area (Å²) in [6, 6.07) is 15.0. The van der Waals surface area contributed by atoms with Crippen LogP contribution < -0.4 is 5.56 Å². The van der Waals surface area contributed by atoms with Crippen molar-refractivity contribution in [3.8, 4) is 0 Å². The molecular formula is C26H37N3O2. The SMILES string of the molecule is CN(Cc1ccc2n(c1=O)C[C@H]1C[C@@H]2CN(CCc2ccccc2)C1)CC(C)(C)CO. The molecule has 4 rings (SSSR count). The summed E-state index contributed by atoms with van der Waals surface area (Å²) < 4.78 is 2.06. The van der Waals surface area contributed by atoms with Crippen molar-refractivity contribution in [2.45, 2.75) is 45.7 Å². The second-order valence-electron chi connectivity index (χ2n) is 10.5. The van der Waals surface area contributed by atoms with Crippen molar-refractivity contribution in [1.82, 2.24) is 14.4 Å². The highest BCUT2D eigenvalue weighted by atomic mass is 16.3. The molecule has 0 radical (unpaired) electrons. The average Bonchev–Trinajstić information content (AvgIpc) is 2.75. The summed E-state index contributed by atoms with van der Waals surface area (Å²) >= 11 is 0. The molecule has 1 fully saturated rings. The van der Waals surface area contributed by atoms with E-state index < -0.39 is 0 Å². The lowest BCUT2D eigenvalue weighted by molar-refractivity contribution is 0.111. The Morgan fingerprint density at radius 2 is 1.87 bits per heavy atom. The first kappa shape index (κ1) is 22.3. The molecule has 0 aliphatic carbocycles. The van der Waals surface area contributed by atoms with Crippen LogP contribution in [0.2, 0.25) is 0 Å². The van der Waals surface area contributed by atoms with Gasteiger partial charge in [-0.2, -0.15) is 0 Å². The van der Waals surface area contributed by atoms with Gasteiger partial charge in [-0.3, -0.25) is 4.79 Å². The topological polar surface area (TPSA) is 48.7 Å². The van der Waals surface area contributed by atoms with Gasteiger partial charge in [-0.15, -0.1) is 0 Å². The Kier molecular flexibility index (Phi) is 6.65. The largest absolute Gasteiger partial charge is 0.396 e. The predicted molar refractivity (Wildman–Crippen MR) is 125 cm³/mol. The molecule has 0 unspecified atom stereocenters. The molecule has 168 valence electrons. The summed E-state index contributed by atoms with van der Waals surface area (Å²) in [6.45, 7) is 9.69. The van der Waals surface area contributed by atoms with Gasteiger partial charge in [-0.05, 0) is 37.4 Å². The van der Waals surface area contributed by atoms with E-state index in [2.05, 4.69) is 50.8 Å². The van der Waals surface area contributed by atoms with E-state index in [1.165, 1.54) is 17.7 Å². The van der Waals surface area contributed by atoms with Gasteiger partial charge in [0.05, 0.1) is 0 Å². The summed E-state index contributed by atoms with van der Waals surface area (Å²) in [7, 11) is 2.03. The van der Waals surface area contributed by atoms with Gasteiger partial charge in [-0.25, -0.2) is 0 Å². The average molecular weight is 424 g/mol. The van der Waals surface area contributed by atoms with Crippen LogP contribution in [0.25, 0.3) is 0 Å². The molecule has 0 spiro atoms. The second kappa shape index (κ2) is 9.27. The molecule has 2 bridgehead atoms. The van der Waals surface area contributed by atoms with Crippen LogP contribution in [0.3, 0.4) is 0 Å². The van der Waals surface area contributed by atoms with Crippen LogP contribution in [-0.2, 0) is 19.5 Å². The molecule has 0 amide bonds. The summed E-state index contributed by atoms with van der Waals surface area (Å²) in [5, 5.41) is 9.54. The summed E-state index contributed by atoms with van der Waals surface area (Å²) in [5.41, 5.74) is 3.49. The van der Waals surface area contributed by atoms with Crippen molar-refractivity contribution < 1.29 is 5.11 Å². The number of pyridine rings is 1. The zero-order chi connectivity index (χ0) is 22.0. The molecule has 1 saturated heterocycles. The van der Waals surface area contributed by atoms with Gasteiger partial charge in [-0.1, -0.05) is 50.2 Å². The van der Waals surface area contributed by atoms with Crippen molar-refractivity contribution in [2.24, 2.45) is 11.3 Å². The van der Waals surface area contributed by atoms with Gasteiger partial charge in [0.1, 0.15) is 0 Å². The van der Waals surface area contributed by atoms with Crippen LogP contribution >= 0.6 is 0 Å². The van der Waals surface area contributed by atoms with Crippen molar-refractivity contribution in [2.75, 3.05) is 39.8 Å². The maximum atomic E-state index is 13.3. The number of likely N-dealkylation sites (tertiary alicyclic amines) is 1. The fourth-order valence-electron chi connectivity index (χ4n) is 5.45. The van der Waals surface area contributed by atoms with E-state index >= 15 is 0 Å². The number of benzene rings is 1. The monoisotopic (exact) mass is 423 g/mol. The minimum Gasteiger partial charge on any atom is -0.396 e. The second-order valence-corrected chi connectivity index (χ2v) is 10.5. The molecule has 1 N–H and O–H groups in total. The van der Waals surface area contributed by atoms with Gasteiger partial charge >= 0.3 is 0 Å². The molecule has 31 heavy (non-hydrogen) atoms. The Morgan fingerprint density at radius 1 is 1.10 bits per heavy atom. The molecule has 1 aromatic carbocycles. The first-order valence-electron chi connectivity index (χ1n) is 11.6. The summed E-state index contributed by atoms with van der Waals surface area (Å²) in [6.07, 6.45) is 2.29. The first-order chi connectivity index (χ1) is 14.8. The molecule has 2 aliphatic rings. The number of aromatic nitrogens is 1. The highest BCUT2D eigenvalue weighted by molar-refractivity contribution is 5.22. The van der Waals surface area contributed by atoms with E-state index in [1.807, 2.05) is 27.0 Å². The van der Waals surface area contributed by atoms with E-state index in [1.54, 1.807) is 0 Å². The smallest absolute Gasteiger partial charge is 0.255 e. The van der Waals surface area contributed by atoms with Gasteiger partial charge in [0.25, 0.3) is 5.56 Å². The lowest BCUT2D eigenvalue weighted by Gasteiger charge is -2.43. The lowest BCUT2D eigenvalue weighted by Crippen LogP contribution is -2.48. The Hall–Kier alpha value is -1.95. The highest BCUT2D eigenvalue weighted by Gasteiger charge is 2.34. The van der Waals surface area contributed by atoms with Gasteiger partial charge in [0.2, 0.25) is 0 Å². The Balaban J connectivity index is 1.44. The van der Waals surface area contributed by atoms with E-state index in [-0.39, 0.29) is 17.6 Å². The van der Waals surface area contributed by atoms with Crippen molar-refractivity contribution >= 4 is 0 Å². The summed E-state index contributed by atoms with van der Waals surface area (Å²) in [5.74, 6) is 1.01. The lowest BCUT2D eigenvalue weighted by atomic mass is 9.83. The van der Waals surface area contributed by atoms with Crippen LogP contribution in [0.4, 0.5) is 0 Å². The van der Waals surface area contributed by atoms with Crippen molar-refractivity contribution in [1.29, 1.82) is 0 Å². The molecule has 5 nitrogen and oxygen atoms in total. The fourth-order valence-corrected chi connectivity index (χ4v) is 5.45. The third kappa shape index (κ3) is 5.28. The number of hydrogen-bond donors (Lipinski definition) is 1. The number of aliphatic hydroxyl groups is 1. The molecule has 1 aromatic heterocycles. The molecule has 2 aliphatic heterocycles. The van der Waals surface area contributed by atoms with E-state index in [0.717, 1.165) is 44.7 Å². The maximum Gasteiger partial charge on any atom is 0.255 e. The number of piperidine rings is 1. The maximum absolute atomic E-state index is 13.3. The number of nitrogens with zero attached hydrogens (tertiary/aromatic N) is 3. The molecule has 3 heterocycles. The molecular weight excluding hydrogens is 386 g/mol. The normalized spacial score (nSPS) is 21.3. The van der Waals surface area contributed by atoms with E-state index in [4.69, 9.17) is 0 Å². The van der Waals surface area contributed by atoms with Gasteiger partial charge in [0, 0.05) is 68.5 Å². The highest BCUT2D eigenvalue weighted by Crippen LogP contribution is 2.35. The van der Waals surface area contributed by atoms with Crippen molar-refractivity contribution in [3.63, 3.8) is 0 Å². The van der Waals surface area contributed by atoms with Crippen LogP contribution in [0.1, 0.15) is 43.0 Å². The number of aliphatic hydroxyl groups excluding tert-OH is 1. The van der Waals surface area contributed by atoms with E-state index in [0.29, 0.717) is 18.4 Å². The Morgan fingerprint density at radius 3 is 2.61 bits per heavy atom. The summed E-state index contributed by atoms with van der Waals surface area (Å²) in [4.78, 5) is 18.0. The van der Waals surface area contributed by atoms with Gasteiger partial charge < -0.3 is 19.5 Å². The number of hydrogen-bond acceptors (Lipinski definition) is 4. The van der Waals surface area contributed by atoms with Crippen LogP contribution in [0.5, 0.6) is 0 Å². The molecule has 2 aromatic rings. The van der Waals surface area contributed by atoms with E-state index in [9.17, 15) is 9.90 Å². The zero-order valence-corrected chi connectivity index (χ0v) is 19.3. The quantitative estimate of drug-likeness (QED) is 0.709. The standard InChI is InChI=1S/C26H37N3O2/c1-26(2,19-30)18-27(3)16-22-9-10-24-23-13-21(15-29(24)25(22)31)14-28(17-23)12-11-20-7-5-4-6-8-20/h4-10,21,23,30H,11-19H2,1-3H3/t21-,23+/m0/s1. The van der Waals surface area contributed by atoms with Gasteiger partial charge in [0.15, 0.2) is 0 Å². The number of fused-ring (bicyclic) bond motifs is 4. The Bertz CT molecular complexity index is 937. The third-order valence-electron chi connectivity index (χ3n) is 6.88. The van der Waals surface area contributed by atoms with Crippen LogP contribution in [0, 0.1) is 11.3 Å². The minimum atomic E-state index is -0.167. The minimum absolute atomic E-state index is 0.143. The fraction of sp³-hybridized carbons (Fsp3) is 0.577. The molecule has 2 atom stereocenters.